The number of nitrogens with zero attached hydrogens (tertiary/aromatic N) is 1. The van der Waals surface area contributed by atoms with Crippen LogP contribution < -0.4 is 5.32 Å². The van der Waals surface area contributed by atoms with E-state index >= 15 is 0 Å². The van der Waals surface area contributed by atoms with Gasteiger partial charge in [0.05, 0.1) is 0 Å². The Morgan fingerprint density at radius 3 is 2.38 bits per heavy atom. The molecule has 1 rings (SSSR count). The molecule has 0 spiro atoms. The Labute approximate surface area is 78.4 Å². The highest BCUT2D eigenvalue weighted by Gasteiger charge is 1.94. The maximum atomic E-state index is 10.1. The smallest absolute Gasteiger partial charge is 0.211 e. The van der Waals surface area contributed by atoms with Crippen LogP contribution >= 0.6 is 0 Å². The monoisotopic (exact) mass is 178 g/mol. The quantitative estimate of drug-likeness (QED) is 0.705. The Morgan fingerprint density at radius 1 is 1.31 bits per heavy atom. The number of hydrogen-bond donors (Lipinski definition) is 1. The maximum Gasteiger partial charge on any atom is 0.211 e. The van der Waals surface area contributed by atoms with Crippen LogP contribution in [0.5, 0.6) is 0 Å². The van der Waals surface area contributed by atoms with Crippen molar-refractivity contribution in [2.75, 3.05) is 19.4 Å². The average Bonchev–Trinajstić information content (AvgIpc) is 2.08. The number of carbonyl (C=O) groups excluding carboxylic acids is 1. The number of hydrogen-bond acceptors (Lipinski definition) is 2. The molecule has 0 saturated carbocycles. The molecule has 1 N–H and O–H groups in total. The molecule has 70 valence electrons. The van der Waals surface area contributed by atoms with E-state index in [2.05, 4.69) is 10.2 Å². The first-order valence-electron chi connectivity index (χ1n) is 4.16. The first-order chi connectivity index (χ1) is 6.22. The molecule has 0 aliphatic carbocycles. The van der Waals surface area contributed by atoms with Crippen LogP contribution in [0, 0.1) is 0 Å². The summed E-state index contributed by atoms with van der Waals surface area (Å²) in [6, 6.07) is 7.80. The summed E-state index contributed by atoms with van der Waals surface area (Å²) in [6.07, 6.45) is 0.682. The van der Waals surface area contributed by atoms with Crippen molar-refractivity contribution < 1.29 is 4.79 Å². The van der Waals surface area contributed by atoms with E-state index in [4.69, 9.17) is 0 Å². The van der Waals surface area contributed by atoms with Gasteiger partial charge in [0, 0.05) is 12.2 Å². The summed E-state index contributed by atoms with van der Waals surface area (Å²) in [6.45, 7) is 0.918. The highest BCUT2D eigenvalue weighted by molar-refractivity contribution is 5.70. The molecule has 1 amide bonds. The van der Waals surface area contributed by atoms with E-state index in [1.807, 2.05) is 38.4 Å². The summed E-state index contributed by atoms with van der Waals surface area (Å²) in [4.78, 5) is 12.2. The van der Waals surface area contributed by atoms with Crippen LogP contribution in [0.25, 0.3) is 0 Å². The molecule has 0 aromatic heterocycles. The van der Waals surface area contributed by atoms with Crippen LogP contribution in [0.1, 0.15) is 5.56 Å². The predicted octanol–water partition coefficient (Wildman–Crippen LogP) is 1.32. The number of amides is 1. The highest BCUT2D eigenvalue weighted by Crippen LogP contribution is 2.09. The molecule has 13 heavy (non-hydrogen) atoms. The third kappa shape index (κ3) is 3.25. The Balaban J connectivity index is 2.63. The van der Waals surface area contributed by atoms with Gasteiger partial charge in [0.15, 0.2) is 0 Å². The van der Waals surface area contributed by atoms with Crippen LogP contribution in [-0.2, 0) is 11.3 Å². The van der Waals surface area contributed by atoms with Gasteiger partial charge in [-0.2, -0.15) is 0 Å². The fourth-order valence-electron chi connectivity index (χ4n) is 1.14. The van der Waals surface area contributed by atoms with Crippen molar-refractivity contribution in [3.63, 3.8) is 0 Å². The van der Waals surface area contributed by atoms with Gasteiger partial charge in [-0.25, -0.2) is 0 Å². The molecule has 1 aromatic rings. The predicted molar refractivity (Wildman–Crippen MR) is 53.5 cm³/mol. The minimum atomic E-state index is 0.682. The van der Waals surface area contributed by atoms with Crippen LogP contribution in [0.15, 0.2) is 24.3 Å². The summed E-state index contributed by atoms with van der Waals surface area (Å²) in [5, 5.41) is 2.59. The number of carbonyl (C=O) groups is 1. The fourth-order valence-corrected chi connectivity index (χ4v) is 1.14. The lowest BCUT2D eigenvalue weighted by Crippen LogP contribution is -2.10. The molecular formula is C10H14N2O. The molecule has 0 unspecified atom stereocenters. The summed E-state index contributed by atoms with van der Waals surface area (Å²) in [5.41, 5.74) is 2.07. The van der Waals surface area contributed by atoms with Crippen molar-refractivity contribution in [1.82, 2.24) is 4.90 Å². The summed E-state index contributed by atoms with van der Waals surface area (Å²) in [5.74, 6) is 0. The summed E-state index contributed by atoms with van der Waals surface area (Å²) < 4.78 is 0. The van der Waals surface area contributed by atoms with Crippen molar-refractivity contribution >= 4 is 12.1 Å². The Bertz CT molecular complexity index is 267. The van der Waals surface area contributed by atoms with Crippen molar-refractivity contribution in [1.29, 1.82) is 0 Å². The van der Waals surface area contributed by atoms with Crippen molar-refractivity contribution in [2.24, 2.45) is 0 Å². The lowest BCUT2D eigenvalue weighted by atomic mass is 10.2. The van der Waals surface area contributed by atoms with Crippen LogP contribution in [-0.4, -0.2) is 25.4 Å². The second-order valence-electron chi connectivity index (χ2n) is 3.20. The van der Waals surface area contributed by atoms with E-state index in [0.29, 0.717) is 6.41 Å². The van der Waals surface area contributed by atoms with E-state index in [9.17, 15) is 4.79 Å². The zero-order valence-electron chi connectivity index (χ0n) is 7.95. The fraction of sp³-hybridized carbons (Fsp3) is 0.300. The van der Waals surface area contributed by atoms with Crippen LogP contribution in [0.3, 0.4) is 0 Å². The van der Waals surface area contributed by atoms with Crippen molar-refractivity contribution in [3.8, 4) is 0 Å². The SMILES string of the molecule is CN(C)Cc1ccc(NC=O)cc1. The first-order valence-corrected chi connectivity index (χ1v) is 4.16. The number of nitrogens with one attached hydrogen (secondary N) is 1. The lowest BCUT2D eigenvalue weighted by Gasteiger charge is -2.09. The third-order valence-electron chi connectivity index (χ3n) is 1.68. The Kier molecular flexibility index (Phi) is 3.46. The van der Waals surface area contributed by atoms with Gasteiger partial charge in [-0.05, 0) is 31.8 Å². The summed E-state index contributed by atoms with van der Waals surface area (Å²) >= 11 is 0. The van der Waals surface area contributed by atoms with Crippen LogP contribution in [0.2, 0.25) is 0 Å². The Morgan fingerprint density at radius 2 is 1.92 bits per heavy atom. The van der Waals surface area contributed by atoms with Gasteiger partial charge in [-0.15, -0.1) is 0 Å². The normalized spacial score (nSPS) is 10.1. The van der Waals surface area contributed by atoms with E-state index in [1.165, 1.54) is 5.56 Å². The van der Waals surface area contributed by atoms with Crippen molar-refractivity contribution in [3.05, 3.63) is 29.8 Å². The van der Waals surface area contributed by atoms with Gasteiger partial charge >= 0.3 is 0 Å². The van der Waals surface area contributed by atoms with Crippen molar-refractivity contribution in [2.45, 2.75) is 6.54 Å². The first kappa shape index (κ1) is 9.74. The number of rotatable bonds is 4. The molecule has 0 heterocycles. The molecule has 0 atom stereocenters. The second kappa shape index (κ2) is 4.62. The van der Waals surface area contributed by atoms with Gasteiger partial charge in [0.2, 0.25) is 6.41 Å². The molecule has 0 fully saturated rings. The molecular weight excluding hydrogens is 164 g/mol. The largest absolute Gasteiger partial charge is 0.329 e. The minimum absolute atomic E-state index is 0.682. The molecule has 0 saturated heterocycles. The second-order valence-corrected chi connectivity index (χ2v) is 3.20. The average molecular weight is 178 g/mol. The molecule has 0 aliphatic heterocycles. The minimum Gasteiger partial charge on any atom is -0.329 e. The molecule has 0 radical (unpaired) electrons. The summed E-state index contributed by atoms with van der Waals surface area (Å²) in [7, 11) is 4.05. The number of anilines is 1. The zero-order valence-corrected chi connectivity index (χ0v) is 7.95. The molecule has 0 aliphatic rings. The van der Waals surface area contributed by atoms with Gasteiger partial charge in [-0.1, -0.05) is 12.1 Å². The Hall–Kier alpha value is -1.35. The van der Waals surface area contributed by atoms with E-state index < -0.39 is 0 Å². The van der Waals surface area contributed by atoms with E-state index in [0.717, 1.165) is 12.2 Å². The van der Waals surface area contributed by atoms with E-state index in [1.54, 1.807) is 0 Å². The molecule has 0 bridgehead atoms. The van der Waals surface area contributed by atoms with Gasteiger partial charge in [0.25, 0.3) is 0 Å². The van der Waals surface area contributed by atoms with Crippen LogP contribution in [0.4, 0.5) is 5.69 Å². The van der Waals surface area contributed by atoms with Gasteiger partial charge in [0.1, 0.15) is 0 Å². The standard InChI is InChI=1S/C10H14N2O/c1-12(2)7-9-3-5-10(6-4-9)11-8-13/h3-6,8H,7H2,1-2H3,(H,11,13). The molecule has 3 heteroatoms. The van der Waals surface area contributed by atoms with Gasteiger partial charge < -0.3 is 10.2 Å². The van der Waals surface area contributed by atoms with E-state index in [-0.39, 0.29) is 0 Å². The topological polar surface area (TPSA) is 32.3 Å². The van der Waals surface area contributed by atoms with Gasteiger partial charge in [-0.3, -0.25) is 4.79 Å². The lowest BCUT2D eigenvalue weighted by molar-refractivity contribution is -0.105. The third-order valence-corrected chi connectivity index (χ3v) is 1.68. The molecule has 3 nitrogen and oxygen atoms in total. The molecule has 1 aromatic carbocycles. The maximum absolute atomic E-state index is 10.1. The zero-order chi connectivity index (χ0) is 9.68. The highest BCUT2D eigenvalue weighted by atomic mass is 16.1. The number of benzene rings is 1.